The Morgan fingerprint density at radius 3 is 2.48 bits per heavy atom. The summed E-state index contributed by atoms with van der Waals surface area (Å²) in [7, 11) is 1.16. The minimum Gasteiger partial charge on any atom is -0.495 e. The minimum absolute atomic E-state index is 0.0215. The maximum atomic E-state index is 12.8. The van der Waals surface area contributed by atoms with Crippen LogP contribution in [0, 0.1) is 0 Å². The van der Waals surface area contributed by atoms with E-state index in [0.29, 0.717) is 0 Å². The number of rotatable bonds is 5. The molecule has 0 saturated carbocycles. The van der Waals surface area contributed by atoms with Crippen molar-refractivity contribution in [1.82, 2.24) is 9.38 Å². The first-order chi connectivity index (χ1) is 13.6. The smallest absolute Gasteiger partial charge is 0.471 e. The molecule has 0 spiro atoms. The van der Waals surface area contributed by atoms with Crippen LogP contribution in [0.4, 0.5) is 18.9 Å². The number of halogens is 3. The summed E-state index contributed by atoms with van der Waals surface area (Å²) in [5.41, 5.74) is -0.109. The van der Waals surface area contributed by atoms with E-state index in [9.17, 15) is 27.6 Å². The number of aromatic carboxylic acids is 1. The molecule has 8 nitrogen and oxygen atoms in total. The van der Waals surface area contributed by atoms with Crippen LogP contribution in [0.25, 0.3) is 5.52 Å². The summed E-state index contributed by atoms with van der Waals surface area (Å²) in [6, 6.07) is 6.06. The third-order valence-corrected chi connectivity index (χ3v) is 3.97. The highest BCUT2D eigenvalue weighted by molar-refractivity contribution is 6.12. The molecule has 0 saturated heterocycles. The molecule has 0 unspecified atom stereocenters. The van der Waals surface area contributed by atoms with Crippen molar-refractivity contribution in [3.8, 4) is 5.75 Å². The van der Waals surface area contributed by atoms with Gasteiger partial charge in [-0.15, -0.1) is 0 Å². The Morgan fingerprint density at radius 1 is 1.14 bits per heavy atom. The topological polar surface area (TPSA) is 110 Å². The zero-order valence-electron chi connectivity index (χ0n) is 14.6. The average molecular weight is 407 g/mol. The number of imidazole rings is 1. The number of carboxylic acids is 1. The number of ketones is 1. The van der Waals surface area contributed by atoms with Crippen molar-refractivity contribution < 1.29 is 37.4 Å². The van der Waals surface area contributed by atoms with Gasteiger partial charge >= 0.3 is 18.1 Å². The number of ether oxygens (including phenoxy) is 1. The second-order valence-electron chi connectivity index (χ2n) is 5.80. The number of nitrogens with one attached hydrogen (secondary N) is 1. The van der Waals surface area contributed by atoms with Crippen LogP contribution >= 0.6 is 0 Å². The molecule has 2 N–H and O–H groups in total. The van der Waals surface area contributed by atoms with Gasteiger partial charge in [0.15, 0.2) is 0 Å². The molecule has 1 amide bonds. The molecule has 0 aliphatic heterocycles. The van der Waals surface area contributed by atoms with Gasteiger partial charge in [0.2, 0.25) is 5.78 Å². The molecular weight excluding hydrogens is 395 g/mol. The molecule has 0 radical (unpaired) electrons. The van der Waals surface area contributed by atoms with Crippen LogP contribution in [0.5, 0.6) is 5.75 Å². The summed E-state index contributed by atoms with van der Waals surface area (Å²) in [4.78, 5) is 39.1. The predicted molar refractivity (Wildman–Crippen MR) is 93.3 cm³/mol. The van der Waals surface area contributed by atoms with Gasteiger partial charge in [-0.2, -0.15) is 13.2 Å². The Hall–Kier alpha value is -3.89. The first-order valence-corrected chi connectivity index (χ1v) is 7.92. The minimum atomic E-state index is -5.09. The molecule has 0 aliphatic carbocycles. The quantitative estimate of drug-likeness (QED) is 0.630. The van der Waals surface area contributed by atoms with E-state index in [2.05, 4.69) is 4.98 Å². The normalized spacial score (nSPS) is 11.3. The van der Waals surface area contributed by atoms with E-state index in [0.717, 1.165) is 19.2 Å². The standard InChI is InChI=1S/C18H12F3N3O5/c1-29-13-7-9(2-3-11(13)23-17(28)18(19,20)21)15(25)14-12-6-10(16(26)27)4-5-24(12)8-22-14/h2-8H,1H3,(H,23,28)(H,26,27). The maximum Gasteiger partial charge on any atom is 0.471 e. The second kappa shape index (κ2) is 7.26. The number of anilines is 1. The van der Waals surface area contributed by atoms with Gasteiger partial charge in [-0.05, 0) is 30.3 Å². The lowest BCUT2D eigenvalue weighted by atomic mass is 10.1. The Morgan fingerprint density at radius 2 is 1.86 bits per heavy atom. The van der Waals surface area contributed by atoms with Gasteiger partial charge in [-0.3, -0.25) is 9.59 Å². The Balaban J connectivity index is 1.98. The van der Waals surface area contributed by atoms with Gasteiger partial charge in [0.25, 0.3) is 0 Å². The van der Waals surface area contributed by atoms with Crippen molar-refractivity contribution >= 4 is 28.9 Å². The Labute approximate surface area is 160 Å². The van der Waals surface area contributed by atoms with E-state index in [1.54, 1.807) is 5.32 Å². The molecule has 0 bridgehead atoms. The predicted octanol–water partition coefficient (Wildman–Crippen LogP) is 2.77. The number of hydrogen-bond acceptors (Lipinski definition) is 5. The summed E-state index contributed by atoms with van der Waals surface area (Å²) in [6.07, 6.45) is -2.33. The number of carboxylic acid groups (broad SMARTS) is 1. The van der Waals surface area contributed by atoms with Crippen molar-refractivity contribution in [2.24, 2.45) is 0 Å². The van der Waals surface area contributed by atoms with Gasteiger partial charge in [0.1, 0.15) is 17.8 Å². The highest BCUT2D eigenvalue weighted by atomic mass is 19.4. The van der Waals surface area contributed by atoms with Gasteiger partial charge in [0.05, 0.1) is 23.9 Å². The van der Waals surface area contributed by atoms with Crippen LogP contribution < -0.4 is 10.1 Å². The van der Waals surface area contributed by atoms with Crippen molar-refractivity contribution in [3.63, 3.8) is 0 Å². The van der Waals surface area contributed by atoms with E-state index < -0.39 is 23.8 Å². The number of aromatic nitrogens is 2. The van der Waals surface area contributed by atoms with Crippen LogP contribution in [-0.4, -0.2) is 45.4 Å². The van der Waals surface area contributed by atoms with E-state index in [-0.39, 0.29) is 33.8 Å². The third kappa shape index (κ3) is 3.88. The number of pyridine rings is 1. The monoisotopic (exact) mass is 407 g/mol. The van der Waals surface area contributed by atoms with Crippen molar-refractivity contribution in [2.45, 2.75) is 6.18 Å². The van der Waals surface area contributed by atoms with E-state index >= 15 is 0 Å². The fourth-order valence-electron chi connectivity index (χ4n) is 2.56. The average Bonchev–Trinajstić information content (AvgIpc) is 3.10. The fourth-order valence-corrected chi connectivity index (χ4v) is 2.56. The lowest BCUT2D eigenvalue weighted by Crippen LogP contribution is -2.30. The van der Waals surface area contributed by atoms with E-state index in [1.165, 1.54) is 35.1 Å². The lowest BCUT2D eigenvalue weighted by Gasteiger charge is -2.12. The largest absolute Gasteiger partial charge is 0.495 e. The summed E-state index contributed by atoms with van der Waals surface area (Å²) in [6.45, 7) is 0. The molecule has 1 aromatic carbocycles. The number of carbonyl (C=O) groups is 3. The number of carbonyl (C=O) groups excluding carboxylic acids is 2. The highest BCUT2D eigenvalue weighted by Gasteiger charge is 2.39. The molecule has 0 fully saturated rings. The number of methoxy groups -OCH3 is 1. The number of amides is 1. The van der Waals surface area contributed by atoms with Crippen LogP contribution in [0.3, 0.4) is 0 Å². The summed E-state index contributed by atoms with van der Waals surface area (Å²) >= 11 is 0. The molecule has 2 heterocycles. The van der Waals surface area contributed by atoms with Crippen molar-refractivity contribution in [1.29, 1.82) is 0 Å². The number of hydrogen-bond donors (Lipinski definition) is 2. The molecular formula is C18H12F3N3O5. The number of fused-ring (bicyclic) bond motifs is 1. The van der Waals surface area contributed by atoms with E-state index in [4.69, 9.17) is 9.84 Å². The molecule has 3 aromatic rings. The van der Waals surface area contributed by atoms with Gasteiger partial charge in [-0.1, -0.05) is 0 Å². The highest BCUT2D eigenvalue weighted by Crippen LogP contribution is 2.29. The molecule has 11 heteroatoms. The first-order valence-electron chi connectivity index (χ1n) is 7.92. The lowest BCUT2D eigenvalue weighted by molar-refractivity contribution is -0.167. The summed E-state index contributed by atoms with van der Waals surface area (Å²) in [5.74, 6) is -4.14. The van der Waals surface area contributed by atoms with Gasteiger partial charge in [0, 0.05) is 11.8 Å². The molecule has 3 rings (SSSR count). The van der Waals surface area contributed by atoms with Crippen LogP contribution in [0.2, 0.25) is 0 Å². The van der Waals surface area contributed by atoms with Crippen LogP contribution in [0.1, 0.15) is 26.4 Å². The van der Waals surface area contributed by atoms with Gasteiger partial charge in [-0.25, -0.2) is 9.78 Å². The molecule has 2 aromatic heterocycles. The van der Waals surface area contributed by atoms with Crippen molar-refractivity contribution in [2.75, 3.05) is 12.4 Å². The number of benzene rings is 1. The summed E-state index contributed by atoms with van der Waals surface area (Å²) < 4.78 is 43.7. The van der Waals surface area contributed by atoms with Crippen LogP contribution in [0.15, 0.2) is 42.9 Å². The summed E-state index contributed by atoms with van der Waals surface area (Å²) in [5, 5.41) is 10.8. The fraction of sp³-hybridized carbons (Fsp3) is 0.111. The number of nitrogens with zero attached hydrogens (tertiary/aromatic N) is 2. The first kappa shape index (κ1) is 19.9. The second-order valence-corrected chi connectivity index (χ2v) is 5.80. The zero-order valence-corrected chi connectivity index (χ0v) is 14.6. The Kier molecular flexibility index (Phi) is 4.97. The van der Waals surface area contributed by atoms with Crippen LogP contribution in [-0.2, 0) is 4.79 Å². The van der Waals surface area contributed by atoms with Gasteiger partial charge < -0.3 is 19.6 Å². The SMILES string of the molecule is COc1cc(C(=O)c2ncn3ccc(C(=O)O)cc23)ccc1NC(=O)C(F)(F)F. The Bertz CT molecular complexity index is 1140. The number of alkyl halides is 3. The molecule has 150 valence electrons. The molecule has 0 atom stereocenters. The third-order valence-electron chi connectivity index (χ3n) is 3.97. The molecule has 0 aliphatic rings. The maximum absolute atomic E-state index is 12.8. The zero-order chi connectivity index (χ0) is 21.3. The molecule has 29 heavy (non-hydrogen) atoms. The van der Waals surface area contributed by atoms with E-state index in [1.807, 2.05) is 0 Å². The van der Waals surface area contributed by atoms with Crippen molar-refractivity contribution in [3.05, 3.63) is 59.7 Å².